The fourth-order valence-corrected chi connectivity index (χ4v) is 4.04. The highest BCUT2D eigenvalue weighted by atomic mass is 16.6. The van der Waals surface area contributed by atoms with Crippen LogP contribution >= 0.6 is 0 Å². The molecule has 3 aromatic heterocycles. The molecule has 30 heavy (non-hydrogen) atoms. The van der Waals surface area contributed by atoms with Crippen molar-refractivity contribution in [2.45, 2.75) is 25.4 Å². The number of carbonyl (C=O) groups is 1. The minimum atomic E-state index is -0.212. The van der Waals surface area contributed by atoms with Gasteiger partial charge in [-0.05, 0) is 25.3 Å². The predicted octanol–water partition coefficient (Wildman–Crippen LogP) is 2.65. The van der Waals surface area contributed by atoms with Crippen LogP contribution in [0.1, 0.15) is 24.8 Å². The molecule has 2 aliphatic rings. The lowest BCUT2D eigenvalue weighted by atomic mass is 9.96. The highest BCUT2D eigenvalue weighted by molar-refractivity contribution is 5.99. The van der Waals surface area contributed by atoms with Crippen molar-refractivity contribution in [3.63, 3.8) is 0 Å². The molecule has 1 saturated carbocycles. The quantitative estimate of drug-likeness (QED) is 0.719. The van der Waals surface area contributed by atoms with Crippen molar-refractivity contribution < 1.29 is 9.53 Å². The zero-order valence-corrected chi connectivity index (χ0v) is 16.8. The lowest BCUT2D eigenvalue weighted by molar-refractivity contribution is 0.0260. The van der Waals surface area contributed by atoms with Crippen molar-refractivity contribution >= 4 is 22.8 Å². The summed E-state index contributed by atoms with van der Waals surface area (Å²) in [4.78, 5) is 28.4. The van der Waals surface area contributed by atoms with Gasteiger partial charge in [-0.15, -0.1) is 0 Å². The Morgan fingerprint density at radius 2 is 2.07 bits per heavy atom. The summed E-state index contributed by atoms with van der Waals surface area (Å²) in [7, 11) is 1.89. The lowest BCUT2D eigenvalue weighted by Gasteiger charge is -2.37. The second-order valence-electron chi connectivity index (χ2n) is 7.88. The number of hydrogen-bond donors (Lipinski definition) is 1. The third kappa shape index (κ3) is 3.14. The first-order valence-electron chi connectivity index (χ1n) is 10.2. The summed E-state index contributed by atoms with van der Waals surface area (Å²) in [6.07, 6.45) is 8.30. The molecule has 3 aromatic rings. The Morgan fingerprint density at radius 3 is 2.70 bits per heavy atom. The number of nitriles is 1. The van der Waals surface area contributed by atoms with E-state index in [1.54, 1.807) is 17.4 Å². The number of nitrogens with one attached hydrogen (secondary N) is 1. The number of piperazine rings is 1. The SMILES string of the molecule is Cn1cnc(-c2[nH]c3nccc(N4CCN(C(=O)OC5CCC5)CC4)c3c2C#N)c1. The van der Waals surface area contributed by atoms with Crippen LogP contribution < -0.4 is 4.90 Å². The molecule has 1 amide bonds. The number of H-pyrrole nitrogens is 1. The molecule has 0 bridgehead atoms. The van der Waals surface area contributed by atoms with Crippen LogP contribution in [0.3, 0.4) is 0 Å². The first kappa shape index (κ1) is 18.5. The van der Waals surface area contributed by atoms with E-state index in [0.717, 1.165) is 30.3 Å². The molecule has 0 unspecified atom stereocenters. The molecule has 1 aliphatic heterocycles. The molecule has 0 spiro atoms. The van der Waals surface area contributed by atoms with Crippen molar-refractivity contribution in [3.8, 4) is 17.5 Å². The number of anilines is 1. The van der Waals surface area contributed by atoms with Crippen molar-refractivity contribution in [3.05, 3.63) is 30.4 Å². The van der Waals surface area contributed by atoms with Gasteiger partial charge in [0.15, 0.2) is 0 Å². The fraction of sp³-hybridized carbons (Fsp3) is 0.429. The highest BCUT2D eigenvalue weighted by Crippen LogP contribution is 2.35. The Bertz CT molecular complexity index is 1130. The van der Waals surface area contributed by atoms with E-state index in [1.807, 2.05) is 23.9 Å². The molecule has 1 aliphatic carbocycles. The van der Waals surface area contributed by atoms with Crippen molar-refractivity contribution in [1.29, 1.82) is 5.26 Å². The number of pyridine rings is 1. The average molecular weight is 405 g/mol. The maximum atomic E-state index is 12.3. The molecule has 1 saturated heterocycles. The van der Waals surface area contributed by atoms with Crippen LogP contribution in [0.15, 0.2) is 24.8 Å². The number of aromatic nitrogens is 4. The highest BCUT2D eigenvalue weighted by Gasteiger charge is 2.29. The molecular weight excluding hydrogens is 382 g/mol. The summed E-state index contributed by atoms with van der Waals surface area (Å²) in [5, 5.41) is 10.7. The van der Waals surface area contributed by atoms with Crippen molar-refractivity contribution in [1.82, 2.24) is 24.4 Å². The van der Waals surface area contributed by atoms with E-state index in [4.69, 9.17) is 4.74 Å². The summed E-state index contributed by atoms with van der Waals surface area (Å²) >= 11 is 0. The number of fused-ring (bicyclic) bond motifs is 1. The molecule has 0 radical (unpaired) electrons. The molecule has 154 valence electrons. The Hall–Kier alpha value is -3.54. The van der Waals surface area contributed by atoms with Crippen LogP contribution in [0.4, 0.5) is 10.5 Å². The van der Waals surface area contributed by atoms with Gasteiger partial charge in [-0.1, -0.05) is 0 Å². The van der Waals surface area contributed by atoms with Gasteiger partial charge in [0.2, 0.25) is 0 Å². The van der Waals surface area contributed by atoms with E-state index in [-0.39, 0.29) is 12.2 Å². The Kier molecular flexibility index (Phi) is 4.54. The van der Waals surface area contributed by atoms with Crippen LogP contribution in [0.5, 0.6) is 0 Å². The molecule has 2 fully saturated rings. The zero-order chi connectivity index (χ0) is 20.7. The van der Waals surface area contributed by atoms with E-state index >= 15 is 0 Å². The van der Waals surface area contributed by atoms with Gasteiger partial charge >= 0.3 is 6.09 Å². The summed E-state index contributed by atoms with van der Waals surface area (Å²) < 4.78 is 7.37. The number of imidazole rings is 1. The number of nitrogens with zero attached hydrogens (tertiary/aromatic N) is 6. The Balaban J connectivity index is 1.40. The Morgan fingerprint density at radius 1 is 1.27 bits per heavy atom. The van der Waals surface area contributed by atoms with Crippen LogP contribution in [0, 0.1) is 11.3 Å². The van der Waals surface area contributed by atoms with Gasteiger partial charge in [0.05, 0.1) is 28.7 Å². The van der Waals surface area contributed by atoms with Gasteiger partial charge in [0.25, 0.3) is 0 Å². The summed E-state index contributed by atoms with van der Waals surface area (Å²) in [6, 6.07) is 4.27. The van der Waals surface area contributed by atoms with Gasteiger partial charge in [-0.3, -0.25) is 0 Å². The number of ether oxygens (including phenoxy) is 1. The molecule has 1 N–H and O–H groups in total. The van der Waals surface area contributed by atoms with Crippen LogP contribution in [-0.4, -0.2) is 62.8 Å². The van der Waals surface area contributed by atoms with Crippen LogP contribution in [-0.2, 0) is 11.8 Å². The lowest BCUT2D eigenvalue weighted by Crippen LogP contribution is -2.50. The normalized spacial score (nSPS) is 17.1. The second-order valence-corrected chi connectivity index (χ2v) is 7.88. The number of amides is 1. The van der Waals surface area contributed by atoms with Crippen LogP contribution in [0.25, 0.3) is 22.4 Å². The Labute approximate surface area is 173 Å². The maximum Gasteiger partial charge on any atom is 0.410 e. The zero-order valence-electron chi connectivity index (χ0n) is 16.8. The molecule has 0 aromatic carbocycles. The van der Waals surface area contributed by atoms with Gasteiger partial charge < -0.3 is 24.1 Å². The third-order valence-electron chi connectivity index (χ3n) is 5.94. The molecule has 9 nitrogen and oxygen atoms in total. The van der Waals surface area contributed by atoms with E-state index in [9.17, 15) is 10.1 Å². The summed E-state index contributed by atoms with van der Waals surface area (Å²) in [5.74, 6) is 0. The molecule has 4 heterocycles. The largest absolute Gasteiger partial charge is 0.446 e. The number of aryl methyl sites for hydroxylation is 1. The average Bonchev–Trinajstić information content (AvgIpc) is 3.33. The number of aromatic amines is 1. The van der Waals surface area contributed by atoms with E-state index < -0.39 is 0 Å². The van der Waals surface area contributed by atoms with Gasteiger partial charge in [0.1, 0.15) is 23.5 Å². The molecule has 0 atom stereocenters. The van der Waals surface area contributed by atoms with E-state index in [1.165, 1.54) is 0 Å². The van der Waals surface area contributed by atoms with E-state index in [0.29, 0.717) is 48.8 Å². The number of rotatable bonds is 3. The minimum absolute atomic E-state index is 0.0958. The topological polar surface area (TPSA) is 103 Å². The standard InChI is InChI=1S/C21H23N7O2/c1-26-12-16(24-13-26)19-15(11-22)18-17(5-6-23-20(18)25-19)27-7-9-28(10-8-27)21(29)30-14-3-2-4-14/h5-6,12-14H,2-4,7-10H2,1H3,(H,23,25). The summed E-state index contributed by atoms with van der Waals surface area (Å²) in [6.45, 7) is 2.53. The summed E-state index contributed by atoms with van der Waals surface area (Å²) in [5.41, 5.74) is 3.54. The monoisotopic (exact) mass is 405 g/mol. The molecular formula is C21H23N7O2. The van der Waals surface area contributed by atoms with Gasteiger partial charge in [-0.25, -0.2) is 14.8 Å². The first-order chi connectivity index (χ1) is 14.6. The molecule has 5 rings (SSSR count). The van der Waals surface area contributed by atoms with Crippen LogP contribution in [0.2, 0.25) is 0 Å². The van der Waals surface area contributed by atoms with Gasteiger partial charge in [0, 0.05) is 45.6 Å². The fourth-order valence-electron chi connectivity index (χ4n) is 4.04. The smallest absolute Gasteiger partial charge is 0.410 e. The van der Waals surface area contributed by atoms with E-state index in [2.05, 4.69) is 25.9 Å². The van der Waals surface area contributed by atoms with Gasteiger partial charge in [-0.2, -0.15) is 5.26 Å². The second kappa shape index (κ2) is 7.37. The molecule has 9 heteroatoms. The number of carbonyl (C=O) groups excluding carboxylic acids is 1. The maximum absolute atomic E-state index is 12.3. The predicted molar refractivity (Wildman–Crippen MR) is 111 cm³/mol. The third-order valence-corrected chi connectivity index (χ3v) is 5.94. The number of hydrogen-bond acceptors (Lipinski definition) is 6. The van der Waals surface area contributed by atoms with Crippen molar-refractivity contribution in [2.75, 3.05) is 31.1 Å². The minimum Gasteiger partial charge on any atom is -0.446 e. The first-order valence-corrected chi connectivity index (χ1v) is 10.2. The van der Waals surface area contributed by atoms with Crippen molar-refractivity contribution in [2.24, 2.45) is 7.05 Å².